The lowest BCUT2D eigenvalue weighted by atomic mass is 9.90. The summed E-state index contributed by atoms with van der Waals surface area (Å²) in [6.45, 7) is -0.743. The number of pyridine rings is 1. The molecule has 0 saturated heterocycles. The second kappa shape index (κ2) is 9.12. The zero-order chi connectivity index (χ0) is 27.9. The van der Waals surface area contributed by atoms with E-state index in [1.165, 1.54) is 18.2 Å². The van der Waals surface area contributed by atoms with Crippen LogP contribution in [-0.2, 0) is 6.54 Å². The number of aromatic nitrogens is 1. The van der Waals surface area contributed by atoms with E-state index in [1.807, 2.05) is 0 Å². The van der Waals surface area contributed by atoms with Crippen molar-refractivity contribution >= 4 is 0 Å². The van der Waals surface area contributed by atoms with Crippen LogP contribution in [0.15, 0.2) is 30.6 Å². The highest BCUT2D eigenvalue weighted by Gasteiger charge is 2.91. The van der Waals surface area contributed by atoms with Gasteiger partial charge in [-0.2, -0.15) is 57.1 Å². The molecule has 0 saturated carbocycles. The Labute approximate surface area is 184 Å². The lowest BCUT2D eigenvalue weighted by Gasteiger charge is -2.40. The molecule has 0 aliphatic carbocycles. The average Bonchev–Trinajstić information content (AvgIpc) is 2.64. The maximum atomic E-state index is 13.8. The largest absolute Gasteiger partial charge is 0.460 e. The maximum absolute atomic E-state index is 13.8. The Morgan fingerprint density at radius 3 is 1.31 bits per heavy atom. The first-order valence-electron chi connectivity index (χ1n) is 8.90. The van der Waals surface area contributed by atoms with Gasteiger partial charge in [0.15, 0.2) is 18.9 Å². The number of hydrogen-bond acceptors (Lipinski definition) is 0. The van der Waals surface area contributed by atoms with Crippen molar-refractivity contribution < 1.29 is 79.2 Å². The SMILES string of the molecule is FC(F)(CC[n+]1ccccc1)CC(F)(F)CC(F)(F)C(F)(F)C(F)(F)C(F)(F)C(F)(F)C(F)(F)F. The van der Waals surface area contributed by atoms with Crippen LogP contribution in [0.3, 0.4) is 0 Å². The van der Waals surface area contributed by atoms with Crippen LogP contribution in [0.5, 0.6) is 0 Å². The molecule has 0 fully saturated rings. The third-order valence-electron chi connectivity index (χ3n) is 4.51. The Morgan fingerprint density at radius 2 is 0.886 bits per heavy atom. The van der Waals surface area contributed by atoms with E-state index in [0.717, 1.165) is 17.0 Å². The Morgan fingerprint density at radius 1 is 0.457 bits per heavy atom. The predicted molar refractivity (Wildman–Crippen MR) is 81.2 cm³/mol. The van der Waals surface area contributed by atoms with Gasteiger partial charge in [0.05, 0.1) is 19.3 Å². The van der Waals surface area contributed by atoms with E-state index >= 15 is 0 Å². The molecule has 1 nitrogen and oxygen atoms in total. The smallest absolute Gasteiger partial charge is 0.206 e. The van der Waals surface area contributed by atoms with Crippen molar-refractivity contribution in [3.8, 4) is 0 Å². The molecule has 18 heteroatoms. The summed E-state index contributed by atoms with van der Waals surface area (Å²) in [5.74, 6) is -50.0. The Bertz CT molecular complexity index is 844. The van der Waals surface area contributed by atoms with Crippen molar-refractivity contribution in [2.75, 3.05) is 0 Å². The van der Waals surface area contributed by atoms with Gasteiger partial charge in [0.1, 0.15) is 0 Å². The van der Waals surface area contributed by atoms with Crippen LogP contribution in [0.4, 0.5) is 74.6 Å². The molecule has 0 aromatic carbocycles. The minimum absolute atomic E-state index is 0.743. The zero-order valence-corrected chi connectivity index (χ0v) is 16.6. The number of halogens is 17. The monoisotopic (exact) mass is 554 g/mol. The second-order valence-corrected chi connectivity index (χ2v) is 7.43. The fourth-order valence-electron chi connectivity index (χ4n) is 2.64. The van der Waals surface area contributed by atoms with Gasteiger partial charge in [0, 0.05) is 12.1 Å². The third kappa shape index (κ3) is 6.03. The number of alkyl halides is 17. The summed E-state index contributed by atoms with van der Waals surface area (Å²) in [5, 5.41) is 0. The van der Waals surface area contributed by atoms with Gasteiger partial charge in [0.25, 0.3) is 11.8 Å². The van der Waals surface area contributed by atoms with E-state index in [2.05, 4.69) is 0 Å². The van der Waals surface area contributed by atoms with Gasteiger partial charge in [-0.05, 0) is 0 Å². The van der Waals surface area contributed by atoms with Crippen molar-refractivity contribution in [3.05, 3.63) is 30.6 Å². The molecule has 1 rings (SSSR count). The Kier molecular flexibility index (Phi) is 8.07. The highest BCUT2D eigenvalue weighted by atomic mass is 19.4. The van der Waals surface area contributed by atoms with Crippen LogP contribution in [-0.4, -0.2) is 47.6 Å². The second-order valence-electron chi connectivity index (χ2n) is 7.43. The van der Waals surface area contributed by atoms with Crippen LogP contribution in [0.1, 0.15) is 19.3 Å². The molecule has 1 heterocycles. The molecule has 0 amide bonds. The summed E-state index contributed by atoms with van der Waals surface area (Å²) in [4.78, 5) is 0. The molecule has 0 aliphatic heterocycles. The highest BCUT2D eigenvalue weighted by Crippen LogP contribution is 2.61. The zero-order valence-electron chi connectivity index (χ0n) is 16.6. The molecule has 0 atom stereocenters. The molecular formula is C17H13F17N+. The number of rotatable bonds is 11. The fourth-order valence-corrected chi connectivity index (χ4v) is 2.64. The minimum atomic E-state index is -8.27. The fraction of sp³-hybridized carbons (Fsp3) is 0.706. The third-order valence-corrected chi connectivity index (χ3v) is 4.51. The molecule has 1 aromatic heterocycles. The van der Waals surface area contributed by atoms with E-state index in [-0.39, 0.29) is 0 Å². The van der Waals surface area contributed by atoms with Gasteiger partial charge in [-0.3, -0.25) is 0 Å². The first kappa shape index (κ1) is 31.0. The van der Waals surface area contributed by atoms with Gasteiger partial charge >= 0.3 is 35.8 Å². The molecule has 0 unspecified atom stereocenters. The predicted octanol–water partition coefficient (Wildman–Crippen LogP) is 7.15. The number of hydrogen-bond donors (Lipinski definition) is 0. The van der Waals surface area contributed by atoms with Gasteiger partial charge in [-0.15, -0.1) is 0 Å². The van der Waals surface area contributed by atoms with Gasteiger partial charge < -0.3 is 0 Å². The van der Waals surface area contributed by atoms with Gasteiger partial charge in [-0.1, -0.05) is 6.07 Å². The maximum Gasteiger partial charge on any atom is 0.460 e. The molecule has 0 bridgehead atoms. The molecule has 0 spiro atoms. The van der Waals surface area contributed by atoms with E-state index in [9.17, 15) is 74.6 Å². The first-order valence-corrected chi connectivity index (χ1v) is 8.90. The molecule has 0 radical (unpaired) electrons. The first-order chi connectivity index (χ1) is 15.2. The Balaban J connectivity index is 3.17. The summed E-state index contributed by atoms with van der Waals surface area (Å²) in [6, 6.07) is 4.01. The standard InChI is InChI=1S/C17H13F17N/c18-10(19,4-7-35-5-2-1-3-6-35)8-11(20,21)9-12(22,23)13(24,25)14(26,27)15(28,29)16(30,31)17(32,33)34/h1-3,5-6H,4,7-9H2/q+1. The minimum Gasteiger partial charge on any atom is -0.206 e. The van der Waals surface area contributed by atoms with Crippen LogP contribution >= 0.6 is 0 Å². The van der Waals surface area contributed by atoms with Crippen molar-refractivity contribution in [3.63, 3.8) is 0 Å². The van der Waals surface area contributed by atoms with Gasteiger partial charge in [-0.25, -0.2) is 22.1 Å². The van der Waals surface area contributed by atoms with Crippen molar-refractivity contribution in [1.29, 1.82) is 0 Å². The molecule has 1 aromatic rings. The highest BCUT2D eigenvalue weighted by molar-refractivity contribution is 5.10. The number of nitrogens with zero attached hydrogens (tertiary/aromatic N) is 1. The van der Waals surface area contributed by atoms with Crippen LogP contribution < -0.4 is 4.57 Å². The molecule has 0 aliphatic rings. The van der Waals surface area contributed by atoms with Crippen molar-refractivity contribution in [2.45, 2.75) is 73.4 Å². The number of aryl methyl sites for hydroxylation is 1. The normalized spacial score (nSPS) is 15.5. The van der Waals surface area contributed by atoms with Crippen molar-refractivity contribution in [1.82, 2.24) is 0 Å². The van der Waals surface area contributed by atoms with E-state index in [0.29, 0.717) is 0 Å². The molecular weight excluding hydrogens is 541 g/mol. The quantitative estimate of drug-likeness (QED) is 0.202. The molecule has 204 valence electrons. The summed E-state index contributed by atoms with van der Waals surface area (Å²) in [7, 11) is 0. The summed E-state index contributed by atoms with van der Waals surface area (Å²) in [5.41, 5.74) is 0. The average molecular weight is 554 g/mol. The summed E-state index contributed by atoms with van der Waals surface area (Å²) < 4.78 is 225. The van der Waals surface area contributed by atoms with E-state index in [4.69, 9.17) is 0 Å². The summed E-state index contributed by atoms with van der Waals surface area (Å²) >= 11 is 0. The molecule has 0 N–H and O–H groups in total. The van der Waals surface area contributed by atoms with Crippen LogP contribution in [0, 0.1) is 0 Å². The molecule has 35 heavy (non-hydrogen) atoms. The van der Waals surface area contributed by atoms with Crippen LogP contribution in [0.2, 0.25) is 0 Å². The Hall–Kier alpha value is -2.04. The topological polar surface area (TPSA) is 3.88 Å². The lowest BCUT2D eigenvalue weighted by Crippen LogP contribution is -2.70. The van der Waals surface area contributed by atoms with E-state index < -0.39 is 73.4 Å². The van der Waals surface area contributed by atoms with Gasteiger partial charge in [0.2, 0.25) is 0 Å². The van der Waals surface area contributed by atoms with Crippen molar-refractivity contribution in [2.24, 2.45) is 0 Å². The lowest BCUT2D eigenvalue weighted by molar-refractivity contribution is -0.699. The van der Waals surface area contributed by atoms with Crippen LogP contribution in [0.25, 0.3) is 0 Å². The summed E-state index contributed by atoms with van der Waals surface area (Å²) in [6.07, 6.45) is -13.9. The van der Waals surface area contributed by atoms with E-state index in [1.54, 1.807) is 0 Å².